The summed E-state index contributed by atoms with van der Waals surface area (Å²) in [5, 5.41) is 6.79. The van der Waals surface area contributed by atoms with Crippen LogP contribution in [0.2, 0.25) is 0 Å². The number of nitrogens with one attached hydrogen (secondary N) is 1. The van der Waals surface area contributed by atoms with Crippen molar-refractivity contribution in [2.75, 3.05) is 19.0 Å². The van der Waals surface area contributed by atoms with Crippen molar-refractivity contribution in [3.8, 4) is 16.3 Å². The summed E-state index contributed by atoms with van der Waals surface area (Å²) in [5.41, 5.74) is 4.66. The Balaban J connectivity index is 1.47. The number of rotatable bonds is 5. The number of thiophene rings is 1. The molecule has 1 aliphatic heterocycles. The summed E-state index contributed by atoms with van der Waals surface area (Å²) in [5.74, 6) is 0.807. The van der Waals surface area contributed by atoms with Gasteiger partial charge in [0, 0.05) is 29.6 Å². The lowest BCUT2D eigenvalue weighted by atomic mass is 10.0. The predicted octanol–water partition coefficient (Wildman–Crippen LogP) is 7.15. The predicted molar refractivity (Wildman–Crippen MR) is 142 cm³/mol. The van der Waals surface area contributed by atoms with E-state index < -0.39 is 0 Å². The van der Waals surface area contributed by atoms with Crippen LogP contribution in [0.1, 0.15) is 24.3 Å². The minimum absolute atomic E-state index is 0.541. The number of fused-ring (bicyclic) bond motifs is 3. The van der Waals surface area contributed by atoms with Crippen LogP contribution < -0.4 is 10.1 Å². The minimum atomic E-state index is 0.541. The SMILES string of the molecule is COc1cccc2sc(Nc3sc4c(c3-c3nc5ccccc5s3)CCN(C(C)C)C4)nc12. The molecule has 0 saturated carbocycles. The van der Waals surface area contributed by atoms with Gasteiger partial charge < -0.3 is 10.1 Å². The lowest BCUT2D eigenvalue weighted by molar-refractivity contribution is 0.206. The summed E-state index contributed by atoms with van der Waals surface area (Å²) in [6, 6.07) is 15.0. The Bertz CT molecular complexity index is 1430. The van der Waals surface area contributed by atoms with E-state index in [1.807, 2.05) is 23.5 Å². The zero-order chi connectivity index (χ0) is 22.5. The van der Waals surface area contributed by atoms with Gasteiger partial charge in [0.05, 0.1) is 22.0 Å². The van der Waals surface area contributed by atoms with E-state index in [2.05, 4.69) is 54.4 Å². The van der Waals surface area contributed by atoms with E-state index in [0.29, 0.717) is 6.04 Å². The summed E-state index contributed by atoms with van der Waals surface area (Å²) in [6.07, 6.45) is 1.05. The number of benzene rings is 2. The molecule has 0 spiro atoms. The van der Waals surface area contributed by atoms with Crippen LogP contribution in [0, 0.1) is 0 Å². The van der Waals surface area contributed by atoms with Crippen molar-refractivity contribution in [1.82, 2.24) is 14.9 Å². The molecule has 33 heavy (non-hydrogen) atoms. The molecule has 3 aromatic heterocycles. The highest BCUT2D eigenvalue weighted by Crippen LogP contribution is 2.47. The van der Waals surface area contributed by atoms with E-state index in [1.54, 1.807) is 29.8 Å². The second kappa shape index (κ2) is 8.36. The second-order valence-electron chi connectivity index (χ2n) is 8.46. The highest BCUT2D eigenvalue weighted by atomic mass is 32.1. The van der Waals surface area contributed by atoms with Crippen LogP contribution in [-0.4, -0.2) is 34.6 Å². The fourth-order valence-corrected chi connectivity index (χ4v) is 7.73. The highest BCUT2D eigenvalue weighted by Gasteiger charge is 2.28. The maximum atomic E-state index is 5.52. The number of para-hydroxylation sites is 2. The summed E-state index contributed by atoms with van der Waals surface area (Å²) in [4.78, 5) is 13.9. The third kappa shape index (κ3) is 3.71. The Morgan fingerprint density at radius 3 is 2.67 bits per heavy atom. The zero-order valence-electron chi connectivity index (χ0n) is 18.7. The number of aromatic nitrogens is 2. The van der Waals surface area contributed by atoms with Gasteiger partial charge in [-0.2, -0.15) is 0 Å². The smallest absolute Gasteiger partial charge is 0.189 e. The monoisotopic (exact) mass is 492 g/mol. The van der Waals surface area contributed by atoms with E-state index in [9.17, 15) is 0 Å². The van der Waals surface area contributed by atoms with E-state index in [4.69, 9.17) is 14.7 Å². The fraction of sp³-hybridized carbons (Fsp3) is 0.280. The Morgan fingerprint density at radius 2 is 1.85 bits per heavy atom. The number of anilines is 2. The van der Waals surface area contributed by atoms with Crippen molar-refractivity contribution in [2.45, 2.75) is 32.9 Å². The molecule has 0 amide bonds. The molecule has 0 fully saturated rings. The molecule has 0 saturated heterocycles. The Morgan fingerprint density at radius 1 is 1.00 bits per heavy atom. The van der Waals surface area contributed by atoms with Crippen LogP contribution in [0.5, 0.6) is 5.75 Å². The molecule has 0 unspecified atom stereocenters. The first-order valence-electron chi connectivity index (χ1n) is 11.1. The molecule has 1 aliphatic rings. The number of methoxy groups -OCH3 is 1. The summed E-state index contributed by atoms with van der Waals surface area (Å²) < 4.78 is 7.86. The Kier molecular flexibility index (Phi) is 5.33. The molecule has 5 aromatic rings. The molecular weight excluding hydrogens is 469 g/mol. The first kappa shape index (κ1) is 21.0. The topological polar surface area (TPSA) is 50.3 Å². The molecule has 168 valence electrons. The molecule has 8 heteroatoms. The van der Waals surface area contributed by atoms with Crippen molar-refractivity contribution in [1.29, 1.82) is 0 Å². The van der Waals surface area contributed by atoms with Gasteiger partial charge in [0.2, 0.25) is 0 Å². The number of hydrogen-bond donors (Lipinski definition) is 1. The largest absolute Gasteiger partial charge is 0.494 e. The van der Waals surface area contributed by atoms with Crippen LogP contribution in [-0.2, 0) is 13.0 Å². The lowest BCUT2D eigenvalue weighted by Crippen LogP contribution is -2.35. The van der Waals surface area contributed by atoms with Crippen LogP contribution in [0.15, 0.2) is 42.5 Å². The van der Waals surface area contributed by atoms with E-state index in [-0.39, 0.29) is 0 Å². The molecule has 6 rings (SSSR count). The average molecular weight is 493 g/mol. The number of hydrogen-bond acceptors (Lipinski definition) is 8. The molecule has 4 heterocycles. The van der Waals surface area contributed by atoms with Gasteiger partial charge in [-0.15, -0.1) is 22.7 Å². The van der Waals surface area contributed by atoms with Crippen molar-refractivity contribution >= 4 is 64.6 Å². The standard InChI is InChI=1S/C25H24N4OS3/c1-14(2)29-12-11-15-20(13-29)32-24(21(15)23-26-16-7-4-5-9-18(16)31-23)28-25-27-22-17(30-3)8-6-10-19(22)33-25/h4-10,14H,11-13H2,1-3H3,(H,27,28). The van der Waals surface area contributed by atoms with Crippen molar-refractivity contribution < 1.29 is 4.74 Å². The van der Waals surface area contributed by atoms with Crippen molar-refractivity contribution in [2.24, 2.45) is 0 Å². The van der Waals surface area contributed by atoms with Crippen molar-refractivity contribution in [3.05, 3.63) is 52.9 Å². The van der Waals surface area contributed by atoms with Gasteiger partial charge in [0.15, 0.2) is 5.13 Å². The minimum Gasteiger partial charge on any atom is -0.494 e. The maximum absolute atomic E-state index is 5.52. The van der Waals surface area contributed by atoms with Crippen molar-refractivity contribution in [3.63, 3.8) is 0 Å². The highest BCUT2D eigenvalue weighted by molar-refractivity contribution is 7.24. The second-order valence-corrected chi connectivity index (χ2v) is 11.6. The maximum Gasteiger partial charge on any atom is 0.189 e. The van der Waals surface area contributed by atoms with Gasteiger partial charge in [-0.3, -0.25) is 4.90 Å². The molecule has 1 N–H and O–H groups in total. The zero-order valence-corrected chi connectivity index (χ0v) is 21.2. The molecular formula is C25H24N4OS3. The molecule has 0 aliphatic carbocycles. The van der Waals surface area contributed by atoms with Gasteiger partial charge >= 0.3 is 0 Å². The average Bonchev–Trinajstić information content (AvgIpc) is 3.51. The molecule has 0 bridgehead atoms. The van der Waals surface area contributed by atoms with Gasteiger partial charge in [0.1, 0.15) is 21.3 Å². The summed E-state index contributed by atoms with van der Waals surface area (Å²) in [6.45, 7) is 6.63. The fourth-order valence-electron chi connectivity index (χ4n) is 4.40. The van der Waals surface area contributed by atoms with Gasteiger partial charge in [0.25, 0.3) is 0 Å². The number of nitrogens with zero attached hydrogens (tertiary/aromatic N) is 3. The van der Waals surface area contributed by atoms with Crippen LogP contribution >= 0.6 is 34.0 Å². The van der Waals surface area contributed by atoms with Crippen LogP contribution in [0.25, 0.3) is 31.0 Å². The quantitative estimate of drug-likeness (QED) is 0.282. The molecule has 5 nitrogen and oxygen atoms in total. The van der Waals surface area contributed by atoms with Crippen LogP contribution in [0.4, 0.5) is 10.1 Å². The normalized spacial score (nSPS) is 14.3. The Hall–Kier alpha value is -2.52. The summed E-state index contributed by atoms with van der Waals surface area (Å²) in [7, 11) is 1.69. The Labute approximate surface area is 204 Å². The molecule has 2 aromatic carbocycles. The van der Waals surface area contributed by atoms with E-state index in [0.717, 1.165) is 56.1 Å². The van der Waals surface area contributed by atoms with E-state index in [1.165, 1.54) is 20.7 Å². The third-order valence-corrected chi connectivity index (χ3v) is 9.27. The third-order valence-electron chi connectivity index (χ3n) is 6.15. The first-order valence-corrected chi connectivity index (χ1v) is 13.5. The van der Waals surface area contributed by atoms with Gasteiger partial charge in [-0.25, -0.2) is 9.97 Å². The molecule has 0 atom stereocenters. The lowest BCUT2D eigenvalue weighted by Gasteiger charge is -2.30. The molecule has 0 radical (unpaired) electrons. The number of thiazole rings is 2. The van der Waals surface area contributed by atoms with Gasteiger partial charge in [-0.1, -0.05) is 29.5 Å². The number of ether oxygens (including phenoxy) is 1. The van der Waals surface area contributed by atoms with E-state index >= 15 is 0 Å². The van der Waals surface area contributed by atoms with Crippen LogP contribution in [0.3, 0.4) is 0 Å². The first-order chi connectivity index (χ1) is 16.1. The summed E-state index contributed by atoms with van der Waals surface area (Å²) >= 11 is 5.29. The van der Waals surface area contributed by atoms with Gasteiger partial charge in [-0.05, 0) is 50.1 Å².